The Hall–Kier alpha value is -1.77. The van der Waals surface area contributed by atoms with E-state index in [1.807, 2.05) is 29.2 Å². The minimum absolute atomic E-state index is 0.0339. The molecule has 1 fully saturated rings. The molecule has 5 nitrogen and oxygen atoms in total. The first-order valence-electron chi connectivity index (χ1n) is 8.77. The Kier molecular flexibility index (Phi) is 4.60. The first-order valence-corrected chi connectivity index (χ1v) is 12.1. The molecule has 2 unspecified atom stereocenters. The number of benzene rings is 2. The molecule has 0 N–H and O–H groups in total. The summed E-state index contributed by atoms with van der Waals surface area (Å²) in [5.74, 6) is -1.09. The molecule has 0 radical (unpaired) electrons. The number of hydrogen-bond acceptors (Lipinski definition) is 5. The molecule has 0 amide bonds. The van der Waals surface area contributed by atoms with Crippen molar-refractivity contribution in [3.63, 3.8) is 0 Å². The fourth-order valence-corrected chi connectivity index (χ4v) is 8.86. The Labute approximate surface area is 158 Å². The van der Waals surface area contributed by atoms with Gasteiger partial charge in [0, 0.05) is 19.1 Å². The summed E-state index contributed by atoms with van der Waals surface area (Å²) in [6, 6.07) is 11.9. The van der Waals surface area contributed by atoms with Crippen LogP contribution in [0.25, 0.3) is 0 Å². The molecule has 2 aromatic carbocycles. The summed E-state index contributed by atoms with van der Waals surface area (Å²) in [4.78, 5) is 1.94. The lowest BCUT2D eigenvalue weighted by molar-refractivity contribution is 0.195. The first-order chi connectivity index (χ1) is 12.8. The van der Waals surface area contributed by atoms with E-state index in [0.29, 0.717) is 13.1 Å². The average molecular weight is 410 g/mol. The minimum atomic E-state index is -3.89. The van der Waals surface area contributed by atoms with E-state index in [-0.39, 0.29) is 10.6 Å². The molecule has 0 bridgehead atoms. The van der Waals surface area contributed by atoms with E-state index in [2.05, 4.69) is 0 Å². The molecule has 144 valence electrons. The van der Waals surface area contributed by atoms with Crippen molar-refractivity contribution in [2.45, 2.75) is 29.2 Å². The highest BCUT2D eigenvalue weighted by Gasteiger charge is 2.48. The molecule has 0 spiro atoms. The van der Waals surface area contributed by atoms with Crippen LogP contribution >= 0.6 is 0 Å². The van der Waals surface area contributed by atoms with Crippen molar-refractivity contribution in [3.8, 4) is 0 Å². The number of sulfone groups is 2. The van der Waals surface area contributed by atoms with Crippen LogP contribution in [0.4, 0.5) is 4.39 Å². The van der Waals surface area contributed by atoms with Gasteiger partial charge in [0.1, 0.15) is 5.82 Å². The third kappa shape index (κ3) is 3.53. The van der Waals surface area contributed by atoms with Crippen LogP contribution in [0.15, 0.2) is 53.4 Å². The number of rotatable bonds is 3. The topological polar surface area (TPSA) is 71.5 Å². The molecule has 0 saturated carbocycles. The number of hydrogen-bond donors (Lipinski definition) is 0. The van der Waals surface area contributed by atoms with Gasteiger partial charge in [-0.25, -0.2) is 21.2 Å². The van der Waals surface area contributed by atoms with Crippen molar-refractivity contribution < 1.29 is 21.2 Å². The summed E-state index contributed by atoms with van der Waals surface area (Å²) in [5, 5.41) is -1.04. The second-order valence-electron chi connectivity index (χ2n) is 7.17. The summed E-state index contributed by atoms with van der Waals surface area (Å²) in [6.45, 7) is 1.15. The van der Waals surface area contributed by atoms with Gasteiger partial charge in [-0.1, -0.05) is 24.3 Å². The lowest BCUT2D eigenvalue weighted by Gasteiger charge is -2.35. The smallest absolute Gasteiger partial charge is 0.183 e. The first kappa shape index (κ1) is 18.6. The maximum absolute atomic E-state index is 13.2. The molecule has 0 aliphatic carbocycles. The Morgan fingerprint density at radius 3 is 2.33 bits per heavy atom. The summed E-state index contributed by atoms with van der Waals surface area (Å²) in [6.07, 6.45) is 0.760. The minimum Gasteiger partial charge on any atom is -0.293 e. The molecular formula is C19H20FNO4S2. The highest BCUT2D eigenvalue weighted by molar-refractivity contribution is 7.96. The Bertz CT molecular complexity index is 1070. The third-order valence-corrected chi connectivity index (χ3v) is 9.58. The van der Waals surface area contributed by atoms with E-state index in [9.17, 15) is 21.2 Å². The lowest BCUT2D eigenvalue weighted by Crippen LogP contribution is -2.48. The Morgan fingerprint density at radius 1 is 0.963 bits per heavy atom. The largest absolute Gasteiger partial charge is 0.293 e. The summed E-state index contributed by atoms with van der Waals surface area (Å²) < 4.78 is 64.1. The maximum Gasteiger partial charge on any atom is 0.183 e. The van der Waals surface area contributed by atoms with Crippen LogP contribution in [0.5, 0.6) is 0 Å². The number of halogens is 1. The lowest BCUT2D eigenvalue weighted by atomic mass is 9.98. The molecule has 2 aromatic rings. The van der Waals surface area contributed by atoms with E-state index in [0.717, 1.165) is 24.1 Å². The molecule has 0 aromatic heterocycles. The van der Waals surface area contributed by atoms with Crippen LogP contribution in [0.3, 0.4) is 0 Å². The predicted molar refractivity (Wildman–Crippen MR) is 100 cm³/mol. The van der Waals surface area contributed by atoms with E-state index >= 15 is 0 Å². The summed E-state index contributed by atoms with van der Waals surface area (Å²) >= 11 is 0. The normalized spacial score (nSPS) is 25.2. The van der Waals surface area contributed by atoms with Crippen molar-refractivity contribution in [2.75, 3.05) is 18.1 Å². The van der Waals surface area contributed by atoms with Crippen LogP contribution in [0.2, 0.25) is 0 Å². The molecule has 1 saturated heterocycles. The standard InChI is InChI=1S/C19H20FNO4S2/c20-16-5-7-17(8-6-16)27(24,25)19-13-26(22,23)12-18(19)21-10-9-14-3-1-2-4-15(14)11-21/h1-8,18-19H,9-13H2. The second-order valence-corrected chi connectivity index (χ2v) is 11.5. The zero-order valence-electron chi connectivity index (χ0n) is 14.6. The zero-order chi connectivity index (χ0) is 19.2. The molecule has 2 aliphatic heterocycles. The highest BCUT2D eigenvalue weighted by atomic mass is 32.2. The molecule has 27 heavy (non-hydrogen) atoms. The highest BCUT2D eigenvalue weighted by Crippen LogP contribution is 2.32. The van der Waals surface area contributed by atoms with Crippen LogP contribution in [-0.2, 0) is 32.6 Å². The van der Waals surface area contributed by atoms with Gasteiger partial charge in [0.2, 0.25) is 0 Å². The van der Waals surface area contributed by atoms with Gasteiger partial charge in [-0.15, -0.1) is 0 Å². The molecule has 8 heteroatoms. The fourth-order valence-electron chi connectivity index (χ4n) is 4.03. The van der Waals surface area contributed by atoms with Crippen LogP contribution < -0.4 is 0 Å². The van der Waals surface area contributed by atoms with E-state index in [1.165, 1.54) is 17.7 Å². The average Bonchev–Trinajstić information content (AvgIpc) is 2.98. The van der Waals surface area contributed by atoms with Gasteiger partial charge in [0.15, 0.2) is 19.7 Å². The Balaban J connectivity index is 1.68. The van der Waals surface area contributed by atoms with Crippen LogP contribution in [-0.4, -0.2) is 51.1 Å². The molecule has 2 aliphatic rings. The SMILES string of the molecule is O=S1(=O)CC(N2CCc3ccccc3C2)C(S(=O)(=O)c2ccc(F)cc2)C1. The molecular weight excluding hydrogens is 389 g/mol. The van der Waals surface area contributed by atoms with Gasteiger partial charge in [-0.2, -0.15) is 0 Å². The number of fused-ring (bicyclic) bond motifs is 1. The van der Waals surface area contributed by atoms with Gasteiger partial charge in [-0.3, -0.25) is 4.90 Å². The van der Waals surface area contributed by atoms with Gasteiger partial charge in [-0.05, 0) is 41.8 Å². The van der Waals surface area contributed by atoms with Crippen LogP contribution in [0, 0.1) is 5.82 Å². The monoisotopic (exact) mass is 409 g/mol. The van der Waals surface area contributed by atoms with Crippen molar-refractivity contribution in [1.82, 2.24) is 4.90 Å². The molecule has 2 atom stereocenters. The predicted octanol–water partition coefficient (Wildman–Crippen LogP) is 1.82. The van der Waals surface area contributed by atoms with E-state index in [4.69, 9.17) is 0 Å². The molecule has 4 rings (SSSR count). The van der Waals surface area contributed by atoms with Gasteiger partial charge in [0.25, 0.3) is 0 Å². The van der Waals surface area contributed by atoms with Gasteiger partial charge >= 0.3 is 0 Å². The van der Waals surface area contributed by atoms with Crippen LogP contribution in [0.1, 0.15) is 11.1 Å². The molecule has 2 heterocycles. The van der Waals surface area contributed by atoms with Crippen molar-refractivity contribution >= 4 is 19.7 Å². The van der Waals surface area contributed by atoms with E-state index < -0.39 is 42.5 Å². The maximum atomic E-state index is 13.2. The van der Waals surface area contributed by atoms with Crippen molar-refractivity contribution in [3.05, 3.63) is 65.5 Å². The van der Waals surface area contributed by atoms with Gasteiger partial charge < -0.3 is 0 Å². The van der Waals surface area contributed by atoms with Crippen molar-refractivity contribution in [1.29, 1.82) is 0 Å². The fraction of sp³-hybridized carbons (Fsp3) is 0.368. The van der Waals surface area contributed by atoms with Crippen molar-refractivity contribution in [2.24, 2.45) is 0 Å². The zero-order valence-corrected chi connectivity index (χ0v) is 16.2. The summed E-state index contributed by atoms with van der Waals surface area (Å²) in [7, 11) is -7.36. The Morgan fingerprint density at radius 2 is 1.63 bits per heavy atom. The number of nitrogens with zero attached hydrogens (tertiary/aromatic N) is 1. The quantitative estimate of drug-likeness (QED) is 0.724. The van der Waals surface area contributed by atoms with Gasteiger partial charge in [0.05, 0.1) is 21.7 Å². The second kappa shape index (κ2) is 6.68. The third-order valence-electron chi connectivity index (χ3n) is 5.44. The van der Waals surface area contributed by atoms with E-state index in [1.54, 1.807) is 0 Å². The summed E-state index contributed by atoms with van der Waals surface area (Å²) in [5.41, 5.74) is 2.32.